The lowest BCUT2D eigenvalue weighted by Crippen LogP contribution is -2.10. The fourth-order valence-corrected chi connectivity index (χ4v) is 3.76. The number of halogens is 1. The van der Waals surface area contributed by atoms with E-state index in [-0.39, 0.29) is 4.90 Å². The summed E-state index contributed by atoms with van der Waals surface area (Å²) in [5, 5.41) is 14.4. The second-order valence-electron chi connectivity index (χ2n) is 6.49. The minimum absolute atomic E-state index is 0.287. The molecule has 0 saturated carbocycles. The second kappa shape index (κ2) is 13.4. The number of hydrogen-bond donors (Lipinski definition) is 2. The topological polar surface area (TPSA) is 99.8 Å². The molecule has 31 heavy (non-hydrogen) atoms. The van der Waals surface area contributed by atoms with E-state index in [0.29, 0.717) is 5.65 Å². The van der Waals surface area contributed by atoms with Gasteiger partial charge in [-0.3, -0.25) is 0 Å². The van der Waals surface area contributed by atoms with Crippen LogP contribution in [0, 0.1) is 0 Å². The molecule has 2 aromatic heterocycles. The van der Waals surface area contributed by atoms with Gasteiger partial charge in [0, 0.05) is 25.2 Å². The number of likely N-dealkylation sites (tertiary alicyclic amines) is 1. The Balaban J connectivity index is 0.000000404. The van der Waals surface area contributed by atoms with Gasteiger partial charge in [0.2, 0.25) is 0 Å². The first-order valence-electron chi connectivity index (χ1n) is 10.0. The first-order valence-corrected chi connectivity index (χ1v) is 12.7. The number of fused-ring (bicyclic) bond motifs is 1. The number of sulfone groups is 1. The van der Waals surface area contributed by atoms with Crippen LogP contribution in [0.3, 0.4) is 0 Å². The molecule has 1 aromatic carbocycles. The van der Waals surface area contributed by atoms with Crippen LogP contribution in [0.4, 0.5) is 11.5 Å². The summed E-state index contributed by atoms with van der Waals surface area (Å²) in [6.45, 7) is 6.64. The van der Waals surface area contributed by atoms with Crippen molar-refractivity contribution >= 4 is 42.9 Å². The molecule has 4 rings (SSSR count). The summed E-state index contributed by atoms with van der Waals surface area (Å²) in [7, 11) is -0.0117. The van der Waals surface area contributed by atoms with E-state index in [2.05, 4.69) is 43.3 Å². The summed E-state index contributed by atoms with van der Waals surface area (Å²) in [6.07, 6.45) is 7.35. The Hall–Kier alpha value is -2.01. The standard InChI is InChI=1S/C13H11BrN4O2S.C5H11N.C2H6.CH4O/c1-21(19,20)10-4-2-9(3-5-10)17-12-6-7-15-13-11(14)8-16-18(12)13;1-6-4-2-3-5-6;2*1-2/h2-8,17H,1H3;2-5H2,1H3;1-2H3;2H,1H3. The second-order valence-corrected chi connectivity index (χ2v) is 9.36. The molecule has 8 nitrogen and oxygen atoms in total. The normalized spacial score (nSPS) is 13.3. The molecule has 3 aromatic rings. The van der Waals surface area contributed by atoms with E-state index in [4.69, 9.17) is 5.11 Å². The molecule has 1 fully saturated rings. The molecule has 2 N–H and O–H groups in total. The smallest absolute Gasteiger partial charge is 0.175 e. The van der Waals surface area contributed by atoms with Crippen molar-refractivity contribution in [3.05, 3.63) is 47.2 Å². The Morgan fingerprint density at radius 3 is 2.13 bits per heavy atom. The summed E-state index contributed by atoms with van der Waals surface area (Å²) < 4.78 is 25.3. The van der Waals surface area contributed by atoms with Gasteiger partial charge >= 0.3 is 0 Å². The maximum atomic E-state index is 11.4. The molecule has 0 amide bonds. The van der Waals surface area contributed by atoms with E-state index in [1.54, 1.807) is 47.2 Å². The predicted molar refractivity (Wildman–Crippen MR) is 130 cm³/mol. The average molecular weight is 514 g/mol. The Morgan fingerprint density at radius 2 is 1.65 bits per heavy atom. The number of rotatable bonds is 3. The van der Waals surface area contributed by atoms with Gasteiger partial charge < -0.3 is 15.3 Å². The monoisotopic (exact) mass is 513 g/mol. The van der Waals surface area contributed by atoms with Gasteiger partial charge in [-0.15, -0.1) is 0 Å². The highest BCUT2D eigenvalue weighted by molar-refractivity contribution is 9.10. The fraction of sp³-hybridized carbons (Fsp3) is 0.429. The van der Waals surface area contributed by atoms with Crippen molar-refractivity contribution in [2.24, 2.45) is 0 Å². The lowest BCUT2D eigenvalue weighted by molar-refractivity contribution is 0.399. The minimum atomic E-state index is -3.19. The molecule has 0 radical (unpaired) electrons. The number of aliphatic hydroxyl groups is 1. The molecular weight excluding hydrogens is 482 g/mol. The largest absolute Gasteiger partial charge is 0.400 e. The maximum Gasteiger partial charge on any atom is 0.175 e. The third-order valence-electron chi connectivity index (χ3n) is 4.24. The van der Waals surface area contributed by atoms with Gasteiger partial charge in [0.05, 0.1) is 15.6 Å². The summed E-state index contributed by atoms with van der Waals surface area (Å²) in [6, 6.07) is 8.34. The SMILES string of the molecule is CC.CN1CCCC1.CO.CS(=O)(=O)c1ccc(Nc2ccnc3c(Br)cnn23)cc1. The van der Waals surface area contributed by atoms with Crippen LogP contribution >= 0.6 is 15.9 Å². The van der Waals surface area contributed by atoms with Crippen molar-refractivity contribution in [2.45, 2.75) is 31.6 Å². The van der Waals surface area contributed by atoms with Crippen LogP contribution in [0.15, 0.2) is 52.1 Å². The van der Waals surface area contributed by atoms with Crippen molar-refractivity contribution < 1.29 is 13.5 Å². The first-order chi connectivity index (χ1) is 14.8. The molecule has 1 aliphatic heterocycles. The van der Waals surface area contributed by atoms with Crippen LogP contribution in [0.1, 0.15) is 26.7 Å². The Kier molecular flexibility index (Phi) is 11.7. The maximum absolute atomic E-state index is 11.4. The van der Waals surface area contributed by atoms with Gasteiger partial charge in [-0.25, -0.2) is 13.4 Å². The van der Waals surface area contributed by atoms with E-state index >= 15 is 0 Å². The summed E-state index contributed by atoms with van der Waals surface area (Å²) in [5.41, 5.74) is 1.47. The highest BCUT2D eigenvalue weighted by Crippen LogP contribution is 2.22. The summed E-state index contributed by atoms with van der Waals surface area (Å²) >= 11 is 3.38. The lowest BCUT2D eigenvalue weighted by atomic mass is 10.3. The third-order valence-corrected chi connectivity index (χ3v) is 5.93. The molecule has 1 saturated heterocycles. The number of anilines is 2. The number of nitrogens with zero attached hydrogens (tertiary/aromatic N) is 4. The lowest BCUT2D eigenvalue weighted by Gasteiger charge is -2.08. The molecule has 0 spiro atoms. The molecule has 172 valence electrons. The van der Waals surface area contributed by atoms with E-state index in [0.717, 1.165) is 23.1 Å². The molecule has 1 aliphatic rings. The van der Waals surface area contributed by atoms with Crippen LogP contribution < -0.4 is 5.32 Å². The quantitative estimate of drug-likeness (QED) is 0.545. The predicted octanol–water partition coefficient (Wildman–Crippen LogP) is 3.99. The van der Waals surface area contributed by atoms with E-state index in [9.17, 15) is 8.42 Å². The zero-order valence-electron chi connectivity index (χ0n) is 18.7. The Bertz CT molecular complexity index is 1020. The van der Waals surface area contributed by atoms with E-state index in [1.807, 2.05) is 13.8 Å². The highest BCUT2D eigenvalue weighted by atomic mass is 79.9. The molecular formula is C21H32BrN5O3S. The van der Waals surface area contributed by atoms with Crippen molar-refractivity contribution in [3.8, 4) is 0 Å². The van der Waals surface area contributed by atoms with Gasteiger partial charge in [0.1, 0.15) is 5.82 Å². The molecule has 0 bridgehead atoms. The molecule has 0 atom stereocenters. The zero-order valence-corrected chi connectivity index (χ0v) is 21.1. The average Bonchev–Trinajstić information content (AvgIpc) is 3.41. The number of nitrogens with one attached hydrogen (secondary N) is 1. The number of hydrogen-bond acceptors (Lipinski definition) is 7. The highest BCUT2D eigenvalue weighted by Gasteiger charge is 2.09. The number of benzene rings is 1. The molecule has 0 unspecified atom stereocenters. The van der Waals surface area contributed by atoms with Crippen LogP contribution in [0.25, 0.3) is 5.65 Å². The summed E-state index contributed by atoms with van der Waals surface area (Å²) in [5.74, 6) is 0.734. The summed E-state index contributed by atoms with van der Waals surface area (Å²) in [4.78, 5) is 6.87. The van der Waals surface area contributed by atoms with Crippen LogP contribution in [0.5, 0.6) is 0 Å². The Morgan fingerprint density at radius 1 is 1.06 bits per heavy atom. The Labute approximate surface area is 193 Å². The zero-order chi connectivity index (χ0) is 23.4. The van der Waals surface area contributed by atoms with Crippen LogP contribution in [-0.2, 0) is 9.84 Å². The van der Waals surface area contributed by atoms with Crippen LogP contribution in [0.2, 0.25) is 0 Å². The van der Waals surface area contributed by atoms with Gasteiger partial charge in [0.15, 0.2) is 15.5 Å². The minimum Gasteiger partial charge on any atom is -0.400 e. The van der Waals surface area contributed by atoms with Gasteiger partial charge in [-0.05, 0) is 79.2 Å². The number of aliphatic hydroxyl groups excluding tert-OH is 1. The van der Waals surface area contributed by atoms with Crippen LogP contribution in [-0.4, -0.2) is 66.5 Å². The first kappa shape index (κ1) is 27.0. The van der Waals surface area contributed by atoms with Crippen molar-refractivity contribution in [3.63, 3.8) is 0 Å². The van der Waals surface area contributed by atoms with Gasteiger partial charge in [-0.2, -0.15) is 9.61 Å². The van der Waals surface area contributed by atoms with Crippen molar-refractivity contribution in [2.75, 3.05) is 38.8 Å². The van der Waals surface area contributed by atoms with Crippen molar-refractivity contribution in [1.82, 2.24) is 19.5 Å². The van der Waals surface area contributed by atoms with E-state index < -0.39 is 9.84 Å². The molecule has 0 aliphatic carbocycles. The van der Waals surface area contributed by atoms with Crippen molar-refractivity contribution in [1.29, 1.82) is 0 Å². The van der Waals surface area contributed by atoms with Gasteiger partial charge in [0.25, 0.3) is 0 Å². The van der Waals surface area contributed by atoms with Gasteiger partial charge in [-0.1, -0.05) is 13.8 Å². The molecule has 3 heterocycles. The number of aromatic nitrogens is 3. The fourth-order valence-electron chi connectivity index (χ4n) is 2.77. The molecule has 10 heteroatoms. The third kappa shape index (κ3) is 8.21. The van der Waals surface area contributed by atoms with E-state index in [1.165, 1.54) is 32.2 Å².